The van der Waals surface area contributed by atoms with Gasteiger partial charge >= 0.3 is 18.5 Å². The molecule has 3 aliphatic rings. The Hall–Kier alpha value is -7.20. The fourth-order valence-corrected chi connectivity index (χ4v) is 11.2. The summed E-state index contributed by atoms with van der Waals surface area (Å²) in [7, 11) is 0. The first-order valence-electron chi connectivity index (χ1n) is 33.5. The lowest BCUT2D eigenvalue weighted by Gasteiger charge is -2.20. The van der Waals surface area contributed by atoms with Crippen molar-refractivity contribution in [1.29, 1.82) is 0 Å². The van der Waals surface area contributed by atoms with Crippen molar-refractivity contribution >= 4 is 105 Å². The largest absolute Gasteiger partial charge is 0.400 e. The highest BCUT2D eigenvalue weighted by molar-refractivity contribution is 7.96. The van der Waals surface area contributed by atoms with Gasteiger partial charge in [-0.2, -0.15) is 39.5 Å². The van der Waals surface area contributed by atoms with Crippen molar-refractivity contribution in [3.8, 4) is 0 Å². The van der Waals surface area contributed by atoms with E-state index in [2.05, 4.69) is 57.8 Å². The predicted octanol–water partition coefficient (Wildman–Crippen LogP) is 20.3. The third kappa shape index (κ3) is 33.7. The number of aromatic nitrogens is 3. The molecule has 3 saturated heterocycles. The number of nitrogens with zero attached hydrogens (tertiary/aromatic N) is 7. The zero-order valence-corrected chi connectivity index (χ0v) is 64.9. The molecule has 0 aliphatic carbocycles. The molecular weight excluding hydrogens is 1550 g/mol. The Balaban J connectivity index is 0.00000117. The number of fused-ring (bicyclic) bond motifs is 1. The lowest BCUT2D eigenvalue weighted by atomic mass is 10.0. The molecule has 5 amide bonds. The fraction of sp³-hybridized carbons (Fsp3) is 0.493. The molecule has 1 aromatic heterocycles. The number of nitro benzene ring substituents is 1. The number of aryl methyl sites for hydroxylation is 4. The summed E-state index contributed by atoms with van der Waals surface area (Å²) in [4.78, 5) is 80.4. The molecule has 1 unspecified atom stereocenters. The highest BCUT2D eigenvalue weighted by atomic mass is 35.5. The molecule has 3 aliphatic heterocycles. The first-order valence-corrected chi connectivity index (χ1v) is 35.8. The monoisotopic (exact) mass is 1630 g/mol. The zero-order chi connectivity index (χ0) is 82.4. The summed E-state index contributed by atoms with van der Waals surface area (Å²) >= 11 is 24.4. The number of carbonyl (C=O) groups excluding carboxylic acids is 5. The van der Waals surface area contributed by atoms with Crippen LogP contribution in [-0.2, 0) is 65.6 Å². The second kappa shape index (κ2) is 49.8. The molecule has 0 bridgehead atoms. The van der Waals surface area contributed by atoms with E-state index in [1.807, 2.05) is 51.7 Å². The molecule has 9 rings (SSSR count). The molecule has 107 heavy (non-hydrogen) atoms. The van der Waals surface area contributed by atoms with Crippen LogP contribution < -0.4 is 5.56 Å². The van der Waals surface area contributed by atoms with E-state index in [4.69, 9.17) is 51.7 Å². The number of benzene rings is 5. The summed E-state index contributed by atoms with van der Waals surface area (Å²) in [6.07, 6.45) is -10.0. The maximum absolute atomic E-state index is 12.9. The molecule has 5 aromatic carbocycles. The van der Waals surface area contributed by atoms with Crippen molar-refractivity contribution in [3.05, 3.63) is 176 Å². The number of alkyl halides is 9. The minimum absolute atomic E-state index is 0.0255. The molecule has 1 N–H and O–H groups in total. The number of halogens is 17. The van der Waals surface area contributed by atoms with Gasteiger partial charge in [0, 0.05) is 82.6 Å². The van der Waals surface area contributed by atoms with E-state index in [-0.39, 0.29) is 70.2 Å². The van der Waals surface area contributed by atoms with Gasteiger partial charge in [0.1, 0.15) is 16.7 Å². The highest BCUT2D eigenvalue weighted by Gasteiger charge is 2.55. The zero-order valence-electron chi connectivity index (χ0n) is 61.1. The second-order valence-electron chi connectivity index (χ2n) is 22.7. The highest BCUT2D eigenvalue weighted by Crippen LogP contribution is 2.42. The lowest BCUT2D eigenvalue weighted by Crippen LogP contribution is -2.35. The van der Waals surface area contributed by atoms with Gasteiger partial charge in [0.2, 0.25) is 29.5 Å². The SMILES string of the molecule is CCC(C(F)(F)F)C(F)(F)F.CCCC(F)(F)F.CCN1C(=O)CC(SOOO)C1=O.CCN1C(=O)CCC1=O.CCN1CCCC1=O.CCc1c(C)c(Cl)c(Cl)c(Cl)c1Cl.CCc1c(C)c(F)c(F)c(F)c1F.CCc1ccc([N+](=O)[O-])cc1.CCc1cccc(C)c1.CCn1nnc2ccccc2c1=O. The van der Waals surface area contributed by atoms with Crippen LogP contribution in [0, 0.1) is 60.1 Å². The molecule has 4 heterocycles. The number of hydrogen-bond acceptors (Lipinski definition) is 14. The number of hydrogen-bond donors (Lipinski definition) is 1. The lowest BCUT2D eigenvalue weighted by molar-refractivity contribution is -0.432. The molecule has 6 aromatic rings. The van der Waals surface area contributed by atoms with Crippen LogP contribution in [0.5, 0.6) is 0 Å². The molecular formula is C71H88Cl4F13N7O11S. The van der Waals surface area contributed by atoms with Crippen molar-refractivity contribution in [3.63, 3.8) is 0 Å². The smallest absolute Gasteiger partial charge is 0.343 e. The third-order valence-corrected chi connectivity index (χ3v) is 18.1. The van der Waals surface area contributed by atoms with Gasteiger partial charge in [0.05, 0.1) is 36.8 Å². The first kappa shape index (κ1) is 99.8. The number of likely N-dealkylation sites (tertiary alicyclic amines) is 3. The maximum Gasteiger partial charge on any atom is 0.400 e. The van der Waals surface area contributed by atoms with E-state index in [0.29, 0.717) is 81.4 Å². The summed E-state index contributed by atoms with van der Waals surface area (Å²) < 4.78 is 159. The number of nitro groups is 1. The summed E-state index contributed by atoms with van der Waals surface area (Å²) in [6.45, 7) is 26.0. The predicted molar refractivity (Wildman–Crippen MR) is 387 cm³/mol. The van der Waals surface area contributed by atoms with Gasteiger partial charge in [-0.3, -0.25) is 48.7 Å². The quantitative estimate of drug-likeness (QED) is 0.0157. The van der Waals surface area contributed by atoms with E-state index >= 15 is 0 Å². The molecule has 3 fully saturated rings. The van der Waals surface area contributed by atoms with Crippen LogP contribution in [0.4, 0.5) is 62.8 Å². The summed E-state index contributed by atoms with van der Waals surface area (Å²) in [6, 6.07) is 22.4. The van der Waals surface area contributed by atoms with E-state index < -0.39 is 65.8 Å². The van der Waals surface area contributed by atoms with Crippen LogP contribution in [0.15, 0.2) is 77.6 Å². The standard InChI is InChI=1S/C9H8Cl4.C9H8F4.C9H9N3O.C9H12.C8H9NO2.C6H9NO5S.C6H9NO2.C6H11NO.C5H6F6.C4H7F3/c2*1-3-5-4(2)6(10)8(12)9(13)7(5)11;1-2-12-9(13)7-5-3-4-6-8(7)10-11-12;1-3-9-6-4-5-8(2)7-9;1-2-7-3-5-8(6-4-7)9(10)11;1-2-7-5(8)3-4(6(7)9)13-12-11-10;1-2-7-5(8)3-4-6(7)9;1-2-7-5-3-4-6(7)8;1-2-3(4(6,7)8)5(9,10)11;1-2-3-4(5,6)7/h2*3H2,1-2H3;3-6H,2H2,1H3;4-7H,3H2,1-2H3;3-6H,2H2,1H3;4,10H,2-3H2,1H3;2-4H2,1H3;2-5H2,1H3;3H,2H2,1H3;2-3H2,1H3. The van der Waals surface area contributed by atoms with Crippen molar-refractivity contribution < 1.29 is 101 Å². The normalized spacial score (nSPS) is 13.8. The van der Waals surface area contributed by atoms with Gasteiger partial charge in [0.15, 0.2) is 23.3 Å². The van der Waals surface area contributed by atoms with Crippen LogP contribution in [0.3, 0.4) is 0 Å². The average molecular weight is 1640 g/mol. The van der Waals surface area contributed by atoms with Crippen molar-refractivity contribution in [2.24, 2.45) is 5.92 Å². The van der Waals surface area contributed by atoms with Gasteiger partial charge in [-0.05, 0) is 139 Å². The molecule has 36 heteroatoms. The van der Waals surface area contributed by atoms with Gasteiger partial charge in [0.25, 0.3) is 11.2 Å². The van der Waals surface area contributed by atoms with Crippen LogP contribution in [0.25, 0.3) is 10.9 Å². The average Bonchev–Trinajstić information content (AvgIpc) is 1.75. The minimum Gasteiger partial charge on any atom is -0.343 e. The Morgan fingerprint density at radius 1 is 0.598 bits per heavy atom. The van der Waals surface area contributed by atoms with E-state index in [1.165, 1.54) is 46.7 Å². The Labute approximate surface area is 636 Å². The van der Waals surface area contributed by atoms with Gasteiger partial charge in [-0.1, -0.05) is 152 Å². The second-order valence-corrected chi connectivity index (χ2v) is 25.1. The molecule has 1 atom stereocenters. The number of non-ortho nitro benzene ring substituents is 1. The summed E-state index contributed by atoms with van der Waals surface area (Å²) in [5, 5.41) is 30.8. The first-order chi connectivity index (χ1) is 49.9. The van der Waals surface area contributed by atoms with Gasteiger partial charge < -0.3 is 4.90 Å². The summed E-state index contributed by atoms with van der Waals surface area (Å²) in [5.74, 6) is -9.53. The minimum atomic E-state index is -5.17. The Morgan fingerprint density at radius 3 is 1.50 bits per heavy atom. The number of imide groups is 2. The molecule has 0 radical (unpaired) electrons. The van der Waals surface area contributed by atoms with Crippen LogP contribution in [-0.4, -0.2) is 119 Å². The molecule has 0 saturated carbocycles. The van der Waals surface area contributed by atoms with Gasteiger partial charge in [-0.25, -0.2) is 27.5 Å². The number of carbonyl (C=O) groups is 5. The third-order valence-electron chi connectivity index (χ3n) is 15.4. The Morgan fingerprint density at radius 2 is 1.13 bits per heavy atom. The maximum atomic E-state index is 12.9. The van der Waals surface area contributed by atoms with E-state index in [0.717, 1.165) is 73.7 Å². The van der Waals surface area contributed by atoms with Crippen LogP contribution >= 0.6 is 58.4 Å². The van der Waals surface area contributed by atoms with E-state index in [1.54, 1.807) is 45.0 Å². The van der Waals surface area contributed by atoms with Crippen LogP contribution in [0.1, 0.15) is 160 Å². The Kier molecular flexibility index (Phi) is 46.4. The summed E-state index contributed by atoms with van der Waals surface area (Å²) in [5.41, 5.74) is 6.22. The topological polar surface area (TPSA) is 225 Å². The number of amides is 5. The van der Waals surface area contributed by atoms with E-state index in [9.17, 15) is 96.0 Å². The molecule has 0 spiro atoms. The van der Waals surface area contributed by atoms with Crippen molar-refractivity contribution in [2.75, 3.05) is 26.2 Å². The van der Waals surface area contributed by atoms with Crippen LogP contribution in [0.2, 0.25) is 20.1 Å². The Bertz CT molecular complexity index is 3720. The number of rotatable bonds is 14. The van der Waals surface area contributed by atoms with Gasteiger partial charge in [-0.15, -0.1) is 9.43 Å². The molecule has 598 valence electrons. The van der Waals surface area contributed by atoms with Crippen molar-refractivity contribution in [2.45, 2.75) is 197 Å². The van der Waals surface area contributed by atoms with Crippen molar-refractivity contribution in [1.82, 2.24) is 29.7 Å². The molecule has 18 nitrogen and oxygen atoms in total. The fourth-order valence-electron chi connectivity index (χ4n) is 9.50.